The Morgan fingerprint density at radius 2 is 1.90 bits per heavy atom. The van der Waals surface area contributed by atoms with Gasteiger partial charge in [0.2, 0.25) is 0 Å². The van der Waals surface area contributed by atoms with Crippen LogP contribution in [0.3, 0.4) is 0 Å². The molecule has 0 bridgehead atoms. The summed E-state index contributed by atoms with van der Waals surface area (Å²) in [6, 6.07) is 10.6. The molecule has 0 atom stereocenters. The number of amides is 1. The molecule has 106 valence electrons. The highest BCUT2D eigenvalue weighted by atomic mass is 19.1. The summed E-state index contributed by atoms with van der Waals surface area (Å²) in [6.45, 7) is -0.331. The number of benzene rings is 2. The summed E-state index contributed by atoms with van der Waals surface area (Å²) in [6.07, 6.45) is 0. The first-order chi connectivity index (χ1) is 10.1. The Kier molecular flexibility index (Phi) is 4.46. The fraction of sp³-hybridized carbons (Fsp3) is 0.0667. The number of anilines is 1. The maximum absolute atomic E-state index is 13.3. The lowest BCUT2D eigenvalue weighted by Crippen LogP contribution is -2.20. The first-order valence-electron chi connectivity index (χ1n) is 5.96. The number of hydrogen-bond acceptors (Lipinski definition) is 3. The second kappa shape index (κ2) is 6.48. The smallest absolute Gasteiger partial charge is 0.262 e. The van der Waals surface area contributed by atoms with E-state index in [2.05, 4.69) is 5.32 Å². The molecule has 2 aromatic rings. The minimum atomic E-state index is -0.714. The van der Waals surface area contributed by atoms with E-state index in [9.17, 15) is 13.6 Å². The van der Waals surface area contributed by atoms with Crippen molar-refractivity contribution in [3.05, 3.63) is 59.7 Å². The van der Waals surface area contributed by atoms with Crippen LogP contribution in [0.2, 0.25) is 0 Å². The number of nitrogens with one attached hydrogen (secondary N) is 1. The van der Waals surface area contributed by atoms with Gasteiger partial charge in [0.05, 0.1) is 5.56 Å². The van der Waals surface area contributed by atoms with Gasteiger partial charge >= 0.3 is 0 Å². The lowest BCUT2D eigenvalue weighted by molar-refractivity contribution is -0.118. The van der Waals surface area contributed by atoms with E-state index < -0.39 is 17.5 Å². The molecule has 0 aliphatic rings. The molecule has 2 aromatic carbocycles. The zero-order valence-corrected chi connectivity index (χ0v) is 10.8. The Morgan fingerprint density at radius 3 is 2.52 bits per heavy atom. The van der Waals surface area contributed by atoms with Crippen molar-refractivity contribution in [2.24, 2.45) is 0 Å². The average molecular weight is 288 g/mol. The third kappa shape index (κ3) is 4.01. The van der Waals surface area contributed by atoms with Crippen LogP contribution in [0.25, 0.3) is 0 Å². The van der Waals surface area contributed by atoms with Gasteiger partial charge in [-0.2, -0.15) is 5.26 Å². The van der Waals surface area contributed by atoms with Crippen LogP contribution < -0.4 is 10.1 Å². The van der Waals surface area contributed by atoms with Crippen LogP contribution in [0.5, 0.6) is 5.75 Å². The first-order valence-corrected chi connectivity index (χ1v) is 5.96. The van der Waals surface area contributed by atoms with Crippen molar-refractivity contribution < 1.29 is 18.3 Å². The fourth-order valence-electron chi connectivity index (χ4n) is 1.56. The monoisotopic (exact) mass is 288 g/mol. The van der Waals surface area contributed by atoms with E-state index in [0.717, 1.165) is 6.07 Å². The summed E-state index contributed by atoms with van der Waals surface area (Å²) < 4.78 is 31.1. The van der Waals surface area contributed by atoms with E-state index in [1.54, 1.807) is 6.07 Å². The van der Waals surface area contributed by atoms with Crippen molar-refractivity contribution in [3.8, 4) is 11.8 Å². The van der Waals surface area contributed by atoms with E-state index in [4.69, 9.17) is 10.00 Å². The van der Waals surface area contributed by atoms with Gasteiger partial charge < -0.3 is 10.1 Å². The van der Waals surface area contributed by atoms with Crippen molar-refractivity contribution in [1.82, 2.24) is 0 Å². The van der Waals surface area contributed by atoms with Gasteiger partial charge in [0.25, 0.3) is 5.91 Å². The molecule has 0 saturated carbocycles. The van der Waals surface area contributed by atoms with E-state index in [1.807, 2.05) is 0 Å². The van der Waals surface area contributed by atoms with Crippen LogP contribution in [0.1, 0.15) is 5.56 Å². The quantitative estimate of drug-likeness (QED) is 0.941. The average Bonchev–Trinajstić information content (AvgIpc) is 2.48. The highest BCUT2D eigenvalue weighted by Crippen LogP contribution is 2.16. The molecule has 0 heterocycles. The molecule has 0 aromatic heterocycles. The second-order valence-electron chi connectivity index (χ2n) is 4.10. The summed E-state index contributed by atoms with van der Waals surface area (Å²) in [5.41, 5.74) is 0.328. The number of carbonyl (C=O) groups excluding carboxylic acids is 1. The number of hydrogen-bond donors (Lipinski definition) is 1. The number of nitrogens with zero attached hydrogens (tertiary/aromatic N) is 1. The topological polar surface area (TPSA) is 62.1 Å². The molecule has 0 fully saturated rings. The number of halogens is 2. The third-order valence-corrected chi connectivity index (χ3v) is 2.56. The van der Waals surface area contributed by atoms with Crippen LogP contribution in [-0.4, -0.2) is 12.5 Å². The molecular formula is C15H10F2N2O2. The number of rotatable bonds is 4. The lowest BCUT2D eigenvalue weighted by Gasteiger charge is -2.07. The molecule has 0 radical (unpaired) electrons. The van der Waals surface area contributed by atoms with Crippen LogP contribution in [0.4, 0.5) is 14.5 Å². The molecule has 1 amide bonds. The van der Waals surface area contributed by atoms with Crippen LogP contribution in [0.15, 0.2) is 42.5 Å². The fourth-order valence-corrected chi connectivity index (χ4v) is 1.56. The summed E-state index contributed by atoms with van der Waals surface area (Å²) in [5.74, 6) is -1.45. The molecule has 0 saturated heterocycles. The molecule has 2 rings (SSSR count). The molecule has 1 N–H and O–H groups in total. The Balaban J connectivity index is 1.91. The highest BCUT2D eigenvalue weighted by molar-refractivity contribution is 5.91. The van der Waals surface area contributed by atoms with E-state index in [1.165, 1.54) is 36.4 Å². The van der Waals surface area contributed by atoms with Gasteiger partial charge in [0, 0.05) is 11.8 Å². The lowest BCUT2D eigenvalue weighted by atomic mass is 10.2. The van der Waals surface area contributed by atoms with Gasteiger partial charge in [-0.3, -0.25) is 4.79 Å². The number of ether oxygens (including phenoxy) is 1. The Morgan fingerprint density at radius 1 is 1.19 bits per heavy atom. The molecular weight excluding hydrogens is 278 g/mol. The molecule has 4 nitrogen and oxygen atoms in total. The number of carbonyl (C=O) groups is 1. The van der Waals surface area contributed by atoms with Crippen molar-refractivity contribution in [1.29, 1.82) is 5.26 Å². The molecule has 0 aliphatic carbocycles. The van der Waals surface area contributed by atoms with Crippen LogP contribution in [-0.2, 0) is 4.79 Å². The summed E-state index contributed by atoms with van der Waals surface area (Å²) in [7, 11) is 0. The zero-order valence-electron chi connectivity index (χ0n) is 10.8. The maximum atomic E-state index is 13.3. The Hall–Kier alpha value is -2.94. The second-order valence-corrected chi connectivity index (χ2v) is 4.10. The predicted molar refractivity (Wildman–Crippen MR) is 71.6 cm³/mol. The largest absolute Gasteiger partial charge is 0.484 e. The summed E-state index contributed by atoms with van der Waals surface area (Å²) in [4.78, 5) is 11.6. The Bertz CT molecular complexity index is 694. The minimum absolute atomic E-state index is 0.0990. The van der Waals surface area contributed by atoms with E-state index >= 15 is 0 Å². The third-order valence-electron chi connectivity index (χ3n) is 2.56. The summed E-state index contributed by atoms with van der Waals surface area (Å²) in [5, 5.41) is 11.1. The van der Waals surface area contributed by atoms with Crippen molar-refractivity contribution in [2.75, 3.05) is 11.9 Å². The van der Waals surface area contributed by atoms with Gasteiger partial charge in [-0.05, 0) is 36.4 Å². The van der Waals surface area contributed by atoms with Crippen molar-refractivity contribution in [3.63, 3.8) is 0 Å². The SMILES string of the molecule is N#Cc1ccc(OCC(=O)Nc2ccc(F)cc2)cc1F. The van der Waals surface area contributed by atoms with E-state index in [-0.39, 0.29) is 17.9 Å². The summed E-state index contributed by atoms with van der Waals surface area (Å²) >= 11 is 0. The molecule has 0 unspecified atom stereocenters. The van der Waals surface area contributed by atoms with Gasteiger partial charge in [-0.15, -0.1) is 0 Å². The van der Waals surface area contributed by atoms with Crippen LogP contribution in [0, 0.1) is 23.0 Å². The molecule has 0 aliphatic heterocycles. The van der Waals surface area contributed by atoms with Crippen molar-refractivity contribution >= 4 is 11.6 Å². The predicted octanol–water partition coefficient (Wildman–Crippen LogP) is 2.85. The molecule has 21 heavy (non-hydrogen) atoms. The minimum Gasteiger partial charge on any atom is -0.484 e. The normalized spacial score (nSPS) is 9.76. The van der Waals surface area contributed by atoms with Gasteiger partial charge in [-0.25, -0.2) is 8.78 Å². The maximum Gasteiger partial charge on any atom is 0.262 e. The molecule has 6 heteroatoms. The first kappa shape index (κ1) is 14.5. The van der Waals surface area contributed by atoms with Gasteiger partial charge in [-0.1, -0.05) is 0 Å². The Labute approximate surface area is 119 Å². The zero-order chi connectivity index (χ0) is 15.2. The van der Waals surface area contributed by atoms with Gasteiger partial charge in [0.15, 0.2) is 6.61 Å². The van der Waals surface area contributed by atoms with Crippen molar-refractivity contribution in [2.45, 2.75) is 0 Å². The number of nitriles is 1. The van der Waals surface area contributed by atoms with Gasteiger partial charge in [0.1, 0.15) is 23.5 Å². The van der Waals surface area contributed by atoms with Crippen LogP contribution >= 0.6 is 0 Å². The standard InChI is InChI=1S/C15H10F2N2O2/c16-11-2-4-12(5-3-11)19-15(20)9-21-13-6-1-10(8-18)14(17)7-13/h1-7H,9H2,(H,19,20). The highest BCUT2D eigenvalue weighted by Gasteiger charge is 2.07. The van der Waals surface area contributed by atoms with E-state index in [0.29, 0.717) is 5.69 Å². The molecule has 0 spiro atoms.